The number of aromatic nitrogens is 2. The Morgan fingerprint density at radius 3 is 2.46 bits per heavy atom. The Bertz CT molecular complexity index is 934. The zero-order valence-corrected chi connectivity index (χ0v) is 14.2. The van der Waals surface area contributed by atoms with E-state index < -0.39 is 0 Å². The monoisotopic (exact) mass is 356 g/mol. The van der Waals surface area contributed by atoms with Crippen molar-refractivity contribution in [1.29, 1.82) is 0 Å². The number of halogens is 2. The number of hydrogen-bond acceptors (Lipinski definition) is 2. The van der Waals surface area contributed by atoms with E-state index in [9.17, 15) is 4.79 Å². The number of nitrogens with zero attached hydrogens (tertiary/aromatic N) is 2. The van der Waals surface area contributed by atoms with Crippen molar-refractivity contribution in [1.82, 2.24) is 9.78 Å². The van der Waals surface area contributed by atoms with E-state index in [0.29, 0.717) is 22.3 Å². The smallest absolute Gasteiger partial charge is 0.267 e. The van der Waals surface area contributed by atoms with E-state index in [1.54, 1.807) is 18.2 Å². The Morgan fingerprint density at radius 2 is 1.71 bits per heavy atom. The van der Waals surface area contributed by atoms with Crippen LogP contribution in [0.5, 0.6) is 0 Å². The van der Waals surface area contributed by atoms with E-state index in [0.717, 1.165) is 11.1 Å². The highest BCUT2D eigenvalue weighted by Crippen LogP contribution is 2.22. The largest absolute Gasteiger partial charge is 0.268 e. The molecule has 1 heterocycles. The molecule has 0 fully saturated rings. The van der Waals surface area contributed by atoms with Gasteiger partial charge in [-0.3, -0.25) is 4.79 Å². The number of hydrogen-bond donors (Lipinski definition) is 0. The van der Waals surface area contributed by atoms with Crippen LogP contribution < -0.4 is 5.56 Å². The average Bonchev–Trinajstić information content (AvgIpc) is 2.60. The van der Waals surface area contributed by atoms with Gasteiger partial charge in [0.2, 0.25) is 0 Å². The maximum atomic E-state index is 12.0. The molecule has 0 aliphatic carbocycles. The van der Waals surface area contributed by atoms with Crippen LogP contribution in [0.4, 0.5) is 0 Å². The third-order valence-corrected chi connectivity index (χ3v) is 4.19. The highest BCUT2D eigenvalue weighted by molar-refractivity contribution is 6.42. The highest BCUT2D eigenvalue weighted by Gasteiger charge is 2.03. The van der Waals surface area contributed by atoms with Crippen LogP contribution in [0.1, 0.15) is 16.8 Å². The fraction of sp³-hybridized carbons (Fsp3) is 0.0526. The molecular formula is C19H14Cl2N2O. The molecule has 0 aliphatic rings. The van der Waals surface area contributed by atoms with Crippen LogP contribution in [0.15, 0.2) is 65.5 Å². The van der Waals surface area contributed by atoms with Gasteiger partial charge in [-0.15, -0.1) is 0 Å². The van der Waals surface area contributed by atoms with Crippen molar-refractivity contribution in [3.8, 4) is 0 Å². The summed E-state index contributed by atoms with van der Waals surface area (Å²) in [6.07, 6.45) is 3.83. The van der Waals surface area contributed by atoms with Crippen LogP contribution in [0.25, 0.3) is 12.2 Å². The molecule has 3 nitrogen and oxygen atoms in total. The van der Waals surface area contributed by atoms with Gasteiger partial charge in [0.15, 0.2) is 0 Å². The molecule has 0 saturated heterocycles. The molecule has 0 radical (unpaired) electrons. The van der Waals surface area contributed by atoms with Gasteiger partial charge in [-0.1, -0.05) is 65.7 Å². The van der Waals surface area contributed by atoms with Crippen molar-refractivity contribution in [2.45, 2.75) is 6.54 Å². The summed E-state index contributed by atoms with van der Waals surface area (Å²) in [7, 11) is 0. The Balaban J connectivity index is 1.85. The molecule has 2 aromatic carbocycles. The second kappa shape index (κ2) is 7.47. The Labute approximate surface area is 149 Å². The third-order valence-electron chi connectivity index (χ3n) is 3.45. The first-order valence-corrected chi connectivity index (χ1v) is 8.13. The summed E-state index contributed by atoms with van der Waals surface area (Å²) in [5.74, 6) is 0. The molecule has 0 unspecified atom stereocenters. The fourth-order valence-electron chi connectivity index (χ4n) is 2.22. The lowest BCUT2D eigenvalue weighted by molar-refractivity contribution is 0.636. The number of benzene rings is 2. The first-order chi connectivity index (χ1) is 11.6. The van der Waals surface area contributed by atoms with Crippen molar-refractivity contribution in [3.05, 3.63) is 97.9 Å². The number of rotatable bonds is 4. The minimum Gasteiger partial charge on any atom is -0.268 e. The van der Waals surface area contributed by atoms with Gasteiger partial charge in [-0.25, -0.2) is 4.68 Å². The minimum absolute atomic E-state index is 0.169. The lowest BCUT2D eigenvalue weighted by Crippen LogP contribution is -2.23. The summed E-state index contributed by atoms with van der Waals surface area (Å²) in [6.45, 7) is 0.336. The maximum Gasteiger partial charge on any atom is 0.267 e. The highest BCUT2D eigenvalue weighted by atomic mass is 35.5. The molecule has 120 valence electrons. The lowest BCUT2D eigenvalue weighted by Gasteiger charge is -2.06. The van der Waals surface area contributed by atoms with Gasteiger partial charge in [0.1, 0.15) is 0 Å². The summed E-state index contributed by atoms with van der Waals surface area (Å²) >= 11 is 11.9. The first-order valence-electron chi connectivity index (χ1n) is 7.37. The summed E-state index contributed by atoms with van der Waals surface area (Å²) < 4.78 is 1.41. The van der Waals surface area contributed by atoms with E-state index in [1.165, 1.54) is 10.7 Å². The van der Waals surface area contributed by atoms with Gasteiger partial charge in [0, 0.05) is 6.07 Å². The van der Waals surface area contributed by atoms with Crippen molar-refractivity contribution in [2.75, 3.05) is 0 Å². The van der Waals surface area contributed by atoms with E-state index >= 15 is 0 Å². The predicted octanol–water partition coefficient (Wildman–Crippen LogP) is 4.77. The van der Waals surface area contributed by atoms with E-state index in [4.69, 9.17) is 23.2 Å². The average molecular weight is 357 g/mol. The molecule has 0 atom stereocenters. The van der Waals surface area contributed by atoms with E-state index in [1.807, 2.05) is 48.6 Å². The Morgan fingerprint density at radius 1 is 0.917 bits per heavy atom. The van der Waals surface area contributed by atoms with Gasteiger partial charge >= 0.3 is 0 Å². The molecule has 0 aliphatic heterocycles. The summed E-state index contributed by atoms with van der Waals surface area (Å²) in [4.78, 5) is 12.0. The van der Waals surface area contributed by atoms with Gasteiger partial charge in [0.25, 0.3) is 5.56 Å². The zero-order chi connectivity index (χ0) is 16.9. The van der Waals surface area contributed by atoms with Crippen LogP contribution >= 0.6 is 23.2 Å². The summed E-state index contributed by atoms with van der Waals surface area (Å²) in [6, 6.07) is 18.4. The van der Waals surface area contributed by atoms with Crippen LogP contribution in [0, 0.1) is 0 Å². The van der Waals surface area contributed by atoms with Crippen LogP contribution in [0.3, 0.4) is 0 Å². The predicted molar refractivity (Wildman–Crippen MR) is 99.4 cm³/mol. The van der Waals surface area contributed by atoms with Gasteiger partial charge < -0.3 is 0 Å². The molecular weight excluding hydrogens is 343 g/mol. The van der Waals surface area contributed by atoms with Crippen LogP contribution in [-0.4, -0.2) is 9.78 Å². The van der Waals surface area contributed by atoms with Gasteiger partial charge in [0.05, 0.1) is 22.3 Å². The van der Waals surface area contributed by atoms with Gasteiger partial charge in [-0.05, 0) is 35.4 Å². The summed E-state index contributed by atoms with van der Waals surface area (Å²) in [5.41, 5.74) is 2.47. The molecule has 0 saturated carbocycles. The Kier molecular flexibility index (Phi) is 5.14. The fourth-order valence-corrected chi connectivity index (χ4v) is 2.54. The second-order valence-corrected chi connectivity index (χ2v) is 6.06. The molecule has 3 rings (SSSR count). The zero-order valence-electron chi connectivity index (χ0n) is 12.7. The van der Waals surface area contributed by atoms with Crippen LogP contribution in [-0.2, 0) is 6.54 Å². The molecule has 3 aromatic rings. The molecule has 1 aromatic heterocycles. The van der Waals surface area contributed by atoms with E-state index in [2.05, 4.69) is 5.10 Å². The maximum absolute atomic E-state index is 12.0. The molecule has 5 heteroatoms. The first kappa shape index (κ1) is 16.5. The SMILES string of the molecule is O=c1ccc(/C=C/c2ccccc2)nn1Cc1ccc(Cl)c(Cl)c1. The lowest BCUT2D eigenvalue weighted by atomic mass is 10.2. The van der Waals surface area contributed by atoms with Crippen molar-refractivity contribution >= 4 is 35.4 Å². The van der Waals surface area contributed by atoms with Crippen molar-refractivity contribution < 1.29 is 0 Å². The quantitative estimate of drug-likeness (QED) is 0.674. The molecule has 0 spiro atoms. The normalized spacial score (nSPS) is 11.1. The van der Waals surface area contributed by atoms with Crippen LogP contribution in [0.2, 0.25) is 10.0 Å². The molecule has 0 bridgehead atoms. The van der Waals surface area contributed by atoms with Crippen molar-refractivity contribution in [3.63, 3.8) is 0 Å². The summed E-state index contributed by atoms with van der Waals surface area (Å²) in [5, 5.41) is 5.32. The topological polar surface area (TPSA) is 34.9 Å². The second-order valence-electron chi connectivity index (χ2n) is 5.25. The van der Waals surface area contributed by atoms with Crippen molar-refractivity contribution in [2.24, 2.45) is 0 Å². The standard InChI is InChI=1S/C19H14Cl2N2O/c20-17-10-7-15(12-18(17)21)13-23-19(24)11-9-16(22-23)8-6-14-4-2-1-3-5-14/h1-12H,13H2/b8-6+. The van der Waals surface area contributed by atoms with E-state index in [-0.39, 0.29) is 5.56 Å². The third kappa shape index (κ3) is 4.13. The van der Waals surface area contributed by atoms with Gasteiger partial charge in [-0.2, -0.15) is 5.10 Å². The molecule has 0 amide bonds. The Hall–Kier alpha value is -2.36. The minimum atomic E-state index is -0.169. The molecule has 24 heavy (non-hydrogen) atoms. The molecule has 0 N–H and O–H groups in total.